The summed E-state index contributed by atoms with van der Waals surface area (Å²) >= 11 is 1.54. The van der Waals surface area contributed by atoms with Gasteiger partial charge >= 0.3 is 0 Å². The lowest BCUT2D eigenvalue weighted by atomic mass is 10.00. The molecule has 0 aliphatic carbocycles. The van der Waals surface area contributed by atoms with E-state index < -0.39 is 0 Å². The molecule has 0 unspecified atom stereocenters. The number of thiophene rings is 1. The average molecular weight is 222 g/mol. The second kappa shape index (κ2) is 3.61. The van der Waals surface area contributed by atoms with Crippen LogP contribution in [0.15, 0.2) is 17.5 Å². The van der Waals surface area contributed by atoms with Crippen molar-refractivity contribution in [2.75, 3.05) is 19.6 Å². The van der Waals surface area contributed by atoms with Crippen LogP contribution >= 0.6 is 11.3 Å². The molecule has 3 nitrogen and oxygen atoms in total. The van der Waals surface area contributed by atoms with Crippen LogP contribution < -0.4 is 5.32 Å². The third kappa shape index (κ3) is 1.68. The van der Waals surface area contributed by atoms with E-state index in [4.69, 9.17) is 0 Å². The first kappa shape index (κ1) is 9.36. The van der Waals surface area contributed by atoms with Crippen molar-refractivity contribution in [3.63, 3.8) is 0 Å². The number of carbonyl (C=O) groups excluding carboxylic acids is 1. The molecule has 2 aliphatic heterocycles. The van der Waals surface area contributed by atoms with Crippen LogP contribution in [0.5, 0.6) is 0 Å². The van der Waals surface area contributed by atoms with Crippen molar-refractivity contribution in [3.05, 3.63) is 22.4 Å². The lowest BCUT2D eigenvalue weighted by molar-refractivity contribution is 0.0696. The van der Waals surface area contributed by atoms with Gasteiger partial charge in [0.15, 0.2) is 0 Å². The summed E-state index contributed by atoms with van der Waals surface area (Å²) in [5.41, 5.74) is 0. The van der Waals surface area contributed by atoms with Crippen molar-refractivity contribution >= 4 is 17.2 Å². The molecule has 1 aromatic heterocycles. The molecule has 2 fully saturated rings. The fraction of sp³-hybridized carbons (Fsp3) is 0.545. The molecular formula is C11H14N2OS. The minimum Gasteiger partial charge on any atom is -0.336 e. The van der Waals surface area contributed by atoms with E-state index in [0.29, 0.717) is 12.0 Å². The highest BCUT2D eigenvalue weighted by molar-refractivity contribution is 7.12. The quantitative estimate of drug-likeness (QED) is 0.774. The monoisotopic (exact) mass is 222 g/mol. The lowest BCUT2D eigenvalue weighted by Crippen LogP contribution is -2.44. The van der Waals surface area contributed by atoms with Crippen LogP contribution in [0, 0.1) is 5.92 Å². The summed E-state index contributed by atoms with van der Waals surface area (Å²) in [7, 11) is 0. The van der Waals surface area contributed by atoms with Gasteiger partial charge in [-0.1, -0.05) is 6.07 Å². The molecule has 1 amide bonds. The molecule has 2 saturated heterocycles. The van der Waals surface area contributed by atoms with Gasteiger partial charge in [-0.25, -0.2) is 0 Å². The molecule has 3 heterocycles. The fourth-order valence-corrected chi connectivity index (χ4v) is 3.25. The van der Waals surface area contributed by atoms with Crippen molar-refractivity contribution < 1.29 is 4.79 Å². The molecule has 0 radical (unpaired) electrons. The number of nitrogens with zero attached hydrogens (tertiary/aromatic N) is 1. The Morgan fingerprint density at radius 3 is 3.20 bits per heavy atom. The second-order valence-corrected chi connectivity index (χ2v) is 5.34. The Morgan fingerprint density at radius 1 is 1.53 bits per heavy atom. The number of hydrogen-bond acceptors (Lipinski definition) is 3. The molecule has 2 aliphatic rings. The van der Waals surface area contributed by atoms with Gasteiger partial charge in [0.2, 0.25) is 0 Å². The highest BCUT2D eigenvalue weighted by atomic mass is 32.1. The van der Waals surface area contributed by atoms with Gasteiger partial charge in [0, 0.05) is 25.7 Å². The van der Waals surface area contributed by atoms with Crippen LogP contribution in [0.3, 0.4) is 0 Å². The highest BCUT2D eigenvalue weighted by Gasteiger charge is 2.34. The van der Waals surface area contributed by atoms with Gasteiger partial charge in [-0.05, 0) is 23.8 Å². The summed E-state index contributed by atoms with van der Waals surface area (Å²) in [6.45, 7) is 2.90. The van der Waals surface area contributed by atoms with Crippen molar-refractivity contribution in [1.29, 1.82) is 0 Å². The van der Waals surface area contributed by atoms with Crippen LogP contribution in [0.25, 0.3) is 0 Å². The Bertz CT molecular complexity index is 351. The van der Waals surface area contributed by atoms with E-state index in [9.17, 15) is 4.79 Å². The molecule has 2 bridgehead atoms. The maximum absolute atomic E-state index is 12.1. The predicted molar refractivity (Wildman–Crippen MR) is 60.1 cm³/mol. The van der Waals surface area contributed by atoms with Gasteiger partial charge in [0.05, 0.1) is 4.88 Å². The number of hydrogen-bond donors (Lipinski definition) is 1. The summed E-state index contributed by atoms with van der Waals surface area (Å²) in [5, 5.41) is 5.42. The molecule has 15 heavy (non-hydrogen) atoms. The third-order valence-corrected chi connectivity index (χ3v) is 4.11. The summed E-state index contributed by atoms with van der Waals surface area (Å²) < 4.78 is 0. The highest BCUT2D eigenvalue weighted by Crippen LogP contribution is 2.24. The van der Waals surface area contributed by atoms with E-state index in [1.165, 1.54) is 17.8 Å². The molecule has 4 heteroatoms. The minimum atomic E-state index is 0.211. The SMILES string of the molecule is O=C(c1cccs1)N1C[C@H]2CN[C@H](C2)C1. The Balaban J connectivity index is 1.75. The molecule has 2 atom stereocenters. The van der Waals surface area contributed by atoms with Crippen LogP contribution in [0.4, 0.5) is 0 Å². The normalized spacial score (nSPS) is 29.5. The predicted octanol–water partition coefficient (Wildman–Crippen LogP) is 1.18. The standard InChI is InChI=1S/C11H14N2OS/c14-11(10-2-1-3-15-10)13-6-8-4-9(7-13)12-5-8/h1-3,8-9,12H,4-7H2/t8-,9-/m1/s1. The van der Waals surface area contributed by atoms with Gasteiger partial charge in [-0.15, -0.1) is 11.3 Å². The molecule has 0 aromatic carbocycles. The van der Waals surface area contributed by atoms with E-state index >= 15 is 0 Å². The summed E-state index contributed by atoms with van der Waals surface area (Å²) in [6, 6.07) is 4.39. The zero-order valence-electron chi connectivity index (χ0n) is 8.48. The van der Waals surface area contributed by atoms with E-state index in [1.54, 1.807) is 0 Å². The lowest BCUT2D eigenvalue weighted by Gasteiger charge is -2.30. The largest absolute Gasteiger partial charge is 0.336 e. The Labute approximate surface area is 93.1 Å². The van der Waals surface area contributed by atoms with Crippen molar-refractivity contribution in [3.8, 4) is 0 Å². The smallest absolute Gasteiger partial charge is 0.263 e. The first-order chi connectivity index (χ1) is 7.33. The first-order valence-corrected chi connectivity index (χ1v) is 6.27. The van der Waals surface area contributed by atoms with Crippen LogP contribution in [0.1, 0.15) is 16.1 Å². The van der Waals surface area contributed by atoms with E-state index in [2.05, 4.69) is 5.32 Å². The van der Waals surface area contributed by atoms with E-state index in [-0.39, 0.29) is 5.91 Å². The van der Waals surface area contributed by atoms with Crippen molar-refractivity contribution in [2.24, 2.45) is 5.92 Å². The Kier molecular flexibility index (Phi) is 2.25. The van der Waals surface area contributed by atoms with Crippen LogP contribution in [0.2, 0.25) is 0 Å². The van der Waals surface area contributed by atoms with Crippen molar-refractivity contribution in [2.45, 2.75) is 12.5 Å². The molecule has 0 spiro atoms. The minimum absolute atomic E-state index is 0.211. The molecule has 0 saturated carbocycles. The van der Waals surface area contributed by atoms with Crippen LogP contribution in [-0.2, 0) is 0 Å². The zero-order valence-corrected chi connectivity index (χ0v) is 9.30. The summed E-state index contributed by atoms with van der Waals surface area (Å²) in [5.74, 6) is 0.885. The molecule has 1 aromatic rings. The Hall–Kier alpha value is -0.870. The van der Waals surface area contributed by atoms with Gasteiger partial charge in [0.1, 0.15) is 0 Å². The first-order valence-electron chi connectivity index (χ1n) is 5.39. The number of piperidine rings is 1. The number of rotatable bonds is 1. The van der Waals surface area contributed by atoms with Gasteiger partial charge in [-0.2, -0.15) is 0 Å². The van der Waals surface area contributed by atoms with Gasteiger partial charge in [0.25, 0.3) is 5.91 Å². The third-order valence-electron chi connectivity index (χ3n) is 3.25. The van der Waals surface area contributed by atoms with Gasteiger partial charge < -0.3 is 10.2 Å². The summed E-state index contributed by atoms with van der Waals surface area (Å²) in [6.07, 6.45) is 1.24. The van der Waals surface area contributed by atoms with E-state index in [0.717, 1.165) is 24.5 Å². The molecule has 3 rings (SSSR count). The topological polar surface area (TPSA) is 32.3 Å². The maximum Gasteiger partial charge on any atom is 0.263 e. The molecule has 1 N–H and O–H groups in total. The number of amides is 1. The molecular weight excluding hydrogens is 208 g/mol. The second-order valence-electron chi connectivity index (χ2n) is 4.39. The Morgan fingerprint density at radius 2 is 2.47 bits per heavy atom. The fourth-order valence-electron chi connectivity index (χ4n) is 2.55. The number of carbonyl (C=O) groups is 1. The van der Waals surface area contributed by atoms with Gasteiger partial charge in [-0.3, -0.25) is 4.79 Å². The molecule has 80 valence electrons. The number of likely N-dealkylation sites (tertiary alicyclic amines) is 1. The zero-order chi connectivity index (χ0) is 10.3. The number of nitrogens with one attached hydrogen (secondary N) is 1. The maximum atomic E-state index is 12.1. The van der Waals surface area contributed by atoms with E-state index in [1.807, 2.05) is 22.4 Å². The number of fused-ring (bicyclic) bond motifs is 2. The van der Waals surface area contributed by atoms with Crippen LogP contribution in [-0.4, -0.2) is 36.5 Å². The van der Waals surface area contributed by atoms with Crippen molar-refractivity contribution in [1.82, 2.24) is 10.2 Å². The summed E-state index contributed by atoms with van der Waals surface area (Å²) in [4.78, 5) is 15.0. The average Bonchev–Trinajstić information content (AvgIpc) is 2.87.